The average molecular weight is 445 g/mol. The number of hydrogen-bond donors (Lipinski definition) is 0. The van der Waals surface area contributed by atoms with Crippen LogP contribution in [0.5, 0.6) is 0 Å². The van der Waals surface area contributed by atoms with Crippen molar-refractivity contribution < 1.29 is 23.8 Å². The predicted octanol–water partition coefficient (Wildman–Crippen LogP) is 5.42. The fraction of sp³-hybridized carbons (Fsp3) is 0.852. The van der Waals surface area contributed by atoms with E-state index in [1.807, 2.05) is 13.8 Å². The molecular formula is C27H40O5. The molecule has 4 aliphatic carbocycles. The maximum absolute atomic E-state index is 12.7. The molecule has 0 N–H and O–H groups in total. The van der Waals surface area contributed by atoms with Crippen LogP contribution in [0.4, 0.5) is 0 Å². The Morgan fingerprint density at radius 3 is 2.56 bits per heavy atom. The molecule has 7 atom stereocenters. The van der Waals surface area contributed by atoms with Gasteiger partial charge >= 0.3 is 11.9 Å². The maximum Gasteiger partial charge on any atom is 0.344 e. The summed E-state index contributed by atoms with van der Waals surface area (Å²) in [5.41, 5.74) is 1.39. The predicted molar refractivity (Wildman–Crippen MR) is 120 cm³/mol. The first kappa shape index (κ1) is 22.3. The highest BCUT2D eigenvalue weighted by Crippen LogP contribution is 2.69. The second-order valence-electron chi connectivity index (χ2n) is 12.2. The summed E-state index contributed by atoms with van der Waals surface area (Å²) in [7, 11) is 0. The molecule has 178 valence electrons. The van der Waals surface area contributed by atoms with Crippen molar-refractivity contribution in [2.45, 2.75) is 98.2 Å². The largest absolute Gasteiger partial charge is 0.486 e. The molecule has 0 aromatic rings. The number of carbonyl (C=O) groups excluding carboxylic acids is 2. The monoisotopic (exact) mass is 444 g/mol. The third-order valence-corrected chi connectivity index (χ3v) is 10.3. The van der Waals surface area contributed by atoms with E-state index in [0.29, 0.717) is 17.3 Å². The van der Waals surface area contributed by atoms with Gasteiger partial charge in [0.1, 0.15) is 17.5 Å². The molecule has 0 aromatic carbocycles. The molecule has 1 heterocycles. The number of allylic oxidation sites excluding steroid dienone is 2. The molecule has 0 spiro atoms. The lowest BCUT2D eigenvalue weighted by atomic mass is 9.44. The van der Waals surface area contributed by atoms with Crippen LogP contribution in [0, 0.1) is 40.4 Å². The standard InChI is InChI=1S/C27H40O5/c1-7-26(6,8-2)14-27-10-9-18(27)15(3)23(27)30-13-20(28)31-19-12-16-11-17(19)21-22(16)25(4,5)32-24(21)29/h16-19,21-22H,7-14H2,1-6H3. The Morgan fingerprint density at radius 2 is 1.94 bits per heavy atom. The highest BCUT2D eigenvalue weighted by Gasteiger charge is 2.66. The fourth-order valence-electron chi connectivity index (χ4n) is 8.31. The molecule has 1 saturated heterocycles. The van der Waals surface area contributed by atoms with Crippen LogP contribution in [-0.4, -0.2) is 30.3 Å². The van der Waals surface area contributed by atoms with E-state index in [0.717, 1.165) is 37.9 Å². The lowest BCUT2D eigenvalue weighted by molar-refractivity contribution is -0.162. The Bertz CT molecular complexity index is 852. The van der Waals surface area contributed by atoms with Crippen LogP contribution in [0.1, 0.15) is 86.5 Å². The van der Waals surface area contributed by atoms with Crippen molar-refractivity contribution >= 4 is 11.9 Å². The van der Waals surface area contributed by atoms with E-state index in [1.165, 1.54) is 18.4 Å². The van der Waals surface area contributed by atoms with Gasteiger partial charge in [-0.1, -0.05) is 33.6 Å². The van der Waals surface area contributed by atoms with Crippen molar-refractivity contribution in [1.82, 2.24) is 0 Å². The van der Waals surface area contributed by atoms with Crippen LogP contribution in [0.2, 0.25) is 0 Å². The molecule has 5 aliphatic rings. The second-order valence-corrected chi connectivity index (χ2v) is 12.2. The molecule has 0 amide bonds. The number of esters is 2. The van der Waals surface area contributed by atoms with Gasteiger partial charge in [-0.3, -0.25) is 4.79 Å². The normalized spacial score (nSPS) is 40.9. The van der Waals surface area contributed by atoms with Crippen molar-refractivity contribution in [1.29, 1.82) is 0 Å². The molecule has 5 nitrogen and oxygen atoms in total. The quantitative estimate of drug-likeness (QED) is 0.468. The van der Waals surface area contributed by atoms with Gasteiger partial charge in [0, 0.05) is 17.3 Å². The second kappa shape index (κ2) is 7.24. The zero-order chi connectivity index (χ0) is 23.1. The van der Waals surface area contributed by atoms with Gasteiger partial charge in [-0.15, -0.1) is 0 Å². The number of carbonyl (C=O) groups is 2. The summed E-state index contributed by atoms with van der Waals surface area (Å²) in [6.07, 6.45) is 7.52. The van der Waals surface area contributed by atoms with Gasteiger partial charge in [-0.2, -0.15) is 0 Å². The number of cyclic esters (lactones) is 1. The number of ether oxygens (including phenoxy) is 3. The zero-order valence-electron chi connectivity index (χ0n) is 20.7. The van der Waals surface area contributed by atoms with Crippen LogP contribution in [0.3, 0.4) is 0 Å². The first-order chi connectivity index (χ1) is 15.0. The van der Waals surface area contributed by atoms with E-state index in [4.69, 9.17) is 14.2 Å². The summed E-state index contributed by atoms with van der Waals surface area (Å²) in [5, 5.41) is 0. The Kier molecular flexibility index (Phi) is 5.04. The van der Waals surface area contributed by atoms with Crippen LogP contribution < -0.4 is 0 Å². The van der Waals surface area contributed by atoms with Gasteiger partial charge in [0.2, 0.25) is 0 Å². The number of fused-ring (bicyclic) bond motifs is 6. The molecule has 32 heavy (non-hydrogen) atoms. The summed E-state index contributed by atoms with van der Waals surface area (Å²) >= 11 is 0. The van der Waals surface area contributed by atoms with Crippen molar-refractivity contribution in [3.8, 4) is 0 Å². The van der Waals surface area contributed by atoms with E-state index in [1.54, 1.807) is 0 Å². The van der Waals surface area contributed by atoms with E-state index < -0.39 is 5.60 Å². The summed E-state index contributed by atoms with van der Waals surface area (Å²) < 4.78 is 17.7. The maximum atomic E-state index is 12.7. The van der Waals surface area contributed by atoms with Gasteiger partial charge in [0.25, 0.3) is 0 Å². The third kappa shape index (κ3) is 3.01. The minimum Gasteiger partial charge on any atom is -0.486 e. The molecule has 1 aliphatic heterocycles. The van der Waals surface area contributed by atoms with Crippen molar-refractivity contribution in [2.24, 2.45) is 40.4 Å². The van der Waals surface area contributed by atoms with E-state index in [2.05, 4.69) is 27.7 Å². The Hall–Kier alpha value is -1.52. The van der Waals surface area contributed by atoms with Gasteiger partial charge in [-0.25, -0.2) is 4.79 Å². The lowest BCUT2D eigenvalue weighted by Crippen LogP contribution is -2.54. The van der Waals surface area contributed by atoms with Gasteiger partial charge in [0.15, 0.2) is 6.61 Å². The molecular weight excluding hydrogens is 404 g/mol. The summed E-state index contributed by atoms with van der Waals surface area (Å²) in [6.45, 7) is 13.1. The molecule has 0 aromatic heterocycles. The molecule has 5 heteroatoms. The molecule has 4 fully saturated rings. The van der Waals surface area contributed by atoms with Crippen LogP contribution in [0.25, 0.3) is 0 Å². The van der Waals surface area contributed by atoms with Crippen molar-refractivity contribution in [3.63, 3.8) is 0 Å². The number of rotatable bonds is 8. The third-order valence-electron chi connectivity index (χ3n) is 10.3. The minimum absolute atomic E-state index is 0.0198. The topological polar surface area (TPSA) is 61.8 Å². The molecule has 2 bridgehead atoms. The average Bonchev–Trinajstić information content (AvgIpc) is 3.36. The van der Waals surface area contributed by atoms with Crippen molar-refractivity contribution in [3.05, 3.63) is 11.3 Å². The van der Waals surface area contributed by atoms with E-state index in [9.17, 15) is 9.59 Å². The molecule has 3 saturated carbocycles. The van der Waals surface area contributed by atoms with Crippen LogP contribution >= 0.6 is 0 Å². The summed E-state index contributed by atoms with van der Waals surface area (Å²) in [5.74, 6) is 1.95. The van der Waals surface area contributed by atoms with Crippen LogP contribution in [0.15, 0.2) is 11.3 Å². The highest BCUT2D eigenvalue weighted by atomic mass is 16.6. The zero-order valence-corrected chi connectivity index (χ0v) is 20.7. The first-order valence-electron chi connectivity index (χ1n) is 12.8. The Morgan fingerprint density at radius 1 is 1.22 bits per heavy atom. The first-order valence-corrected chi connectivity index (χ1v) is 12.8. The van der Waals surface area contributed by atoms with E-state index >= 15 is 0 Å². The van der Waals surface area contributed by atoms with E-state index in [-0.39, 0.29) is 47.8 Å². The van der Waals surface area contributed by atoms with Crippen LogP contribution in [-0.2, 0) is 23.8 Å². The Balaban J connectivity index is 1.19. The lowest BCUT2D eigenvalue weighted by Gasteiger charge is -2.61. The summed E-state index contributed by atoms with van der Waals surface area (Å²) in [4.78, 5) is 25.2. The number of hydrogen-bond acceptors (Lipinski definition) is 5. The SMILES string of the molecule is CCC(C)(CC)CC12CCC1C(C)=C2OCC(=O)OC1CC2CC1C1C(=O)OC(C)(C)C21. The molecule has 7 unspecified atom stereocenters. The Labute approximate surface area is 192 Å². The minimum atomic E-state index is -0.396. The fourth-order valence-corrected chi connectivity index (χ4v) is 8.31. The molecule has 0 radical (unpaired) electrons. The van der Waals surface area contributed by atoms with Gasteiger partial charge in [0.05, 0.1) is 5.92 Å². The van der Waals surface area contributed by atoms with Gasteiger partial charge < -0.3 is 14.2 Å². The molecule has 5 rings (SSSR count). The highest BCUT2D eigenvalue weighted by molar-refractivity contribution is 5.78. The summed E-state index contributed by atoms with van der Waals surface area (Å²) in [6, 6.07) is 0. The van der Waals surface area contributed by atoms with Crippen molar-refractivity contribution in [2.75, 3.05) is 6.61 Å². The smallest absolute Gasteiger partial charge is 0.344 e. The van der Waals surface area contributed by atoms with Gasteiger partial charge in [-0.05, 0) is 75.7 Å².